The van der Waals surface area contributed by atoms with Gasteiger partial charge in [0.2, 0.25) is 17.7 Å². The number of amides is 3. The van der Waals surface area contributed by atoms with E-state index in [4.69, 9.17) is 5.73 Å². The zero-order valence-corrected chi connectivity index (χ0v) is 23.9. The number of nitrogens with one attached hydrogen (secondary N) is 4. The molecule has 10 nitrogen and oxygen atoms in total. The highest BCUT2D eigenvalue weighted by atomic mass is 16.4. The fourth-order valence-corrected chi connectivity index (χ4v) is 4.42. The molecule has 0 saturated heterocycles. The van der Waals surface area contributed by atoms with Crippen molar-refractivity contribution in [3.8, 4) is 0 Å². The van der Waals surface area contributed by atoms with E-state index < -0.39 is 47.9 Å². The van der Waals surface area contributed by atoms with Crippen LogP contribution in [0.15, 0.2) is 30.5 Å². The van der Waals surface area contributed by atoms with E-state index in [1.54, 1.807) is 13.1 Å². The number of rotatable bonds is 15. The predicted octanol–water partition coefficient (Wildman–Crippen LogP) is 2.72. The van der Waals surface area contributed by atoms with Crippen LogP contribution in [0.1, 0.15) is 66.4 Å². The number of carbonyl (C=O) groups is 4. The molecule has 0 aliphatic rings. The van der Waals surface area contributed by atoms with Crippen molar-refractivity contribution in [2.45, 2.75) is 91.4 Å². The van der Waals surface area contributed by atoms with E-state index in [2.05, 4.69) is 20.9 Å². The van der Waals surface area contributed by atoms with Crippen LogP contribution in [0.25, 0.3) is 10.9 Å². The molecule has 216 valence electrons. The van der Waals surface area contributed by atoms with Gasteiger partial charge in [-0.15, -0.1) is 0 Å². The molecule has 1 heterocycles. The summed E-state index contributed by atoms with van der Waals surface area (Å²) in [5, 5.41) is 18.8. The average molecular weight is 544 g/mol. The molecule has 3 amide bonds. The van der Waals surface area contributed by atoms with Gasteiger partial charge in [-0.3, -0.25) is 14.4 Å². The third kappa shape index (κ3) is 8.81. The summed E-state index contributed by atoms with van der Waals surface area (Å²) in [7, 11) is 0. The number of benzene rings is 1. The fourth-order valence-electron chi connectivity index (χ4n) is 4.42. The van der Waals surface area contributed by atoms with E-state index in [-0.39, 0.29) is 24.2 Å². The lowest BCUT2D eigenvalue weighted by atomic mass is 9.96. The largest absolute Gasteiger partial charge is 0.480 e. The van der Waals surface area contributed by atoms with Gasteiger partial charge in [0.1, 0.15) is 18.1 Å². The second-order valence-corrected chi connectivity index (χ2v) is 10.9. The molecule has 6 atom stereocenters. The van der Waals surface area contributed by atoms with E-state index in [1.807, 2.05) is 58.9 Å². The topological polar surface area (TPSA) is 166 Å². The Morgan fingerprint density at radius 3 is 2.05 bits per heavy atom. The normalized spacial score (nSPS) is 16.1. The third-order valence-corrected chi connectivity index (χ3v) is 7.41. The second-order valence-electron chi connectivity index (χ2n) is 10.9. The lowest BCUT2D eigenvalue weighted by molar-refractivity contribution is -0.144. The number of hydrogen-bond donors (Lipinski definition) is 6. The average Bonchev–Trinajstić information content (AvgIpc) is 3.31. The molecule has 0 spiro atoms. The van der Waals surface area contributed by atoms with Crippen molar-refractivity contribution in [3.05, 3.63) is 36.0 Å². The Hall–Kier alpha value is -3.40. The molecular formula is C29H45N5O5. The summed E-state index contributed by atoms with van der Waals surface area (Å²) in [6.45, 7) is 11.2. The van der Waals surface area contributed by atoms with Crippen LogP contribution in [0.5, 0.6) is 0 Å². The minimum atomic E-state index is -1.13. The molecule has 0 fully saturated rings. The van der Waals surface area contributed by atoms with Crippen molar-refractivity contribution in [2.24, 2.45) is 23.5 Å². The van der Waals surface area contributed by atoms with Crippen molar-refractivity contribution < 1.29 is 24.3 Å². The lowest BCUT2D eigenvalue weighted by Gasteiger charge is -2.28. The van der Waals surface area contributed by atoms with E-state index in [0.29, 0.717) is 19.3 Å². The first-order valence-corrected chi connectivity index (χ1v) is 13.8. The third-order valence-electron chi connectivity index (χ3n) is 7.41. The maximum Gasteiger partial charge on any atom is 0.326 e. The molecule has 0 radical (unpaired) electrons. The van der Waals surface area contributed by atoms with Crippen LogP contribution in [-0.2, 0) is 25.6 Å². The number of aromatic nitrogens is 1. The van der Waals surface area contributed by atoms with Gasteiger partial charge in [-0.25, -0.2) is 4.79 Å². The maximum atomic E-state index is 13.6. The van der Waals surface area contributed by atoms with Crippen LogP contribution >= 0.6 is 0 Å². The van der Waals surface area contributed by atoms with Crippen LogP contribution in [-0.4, -0.2) is 57.9 Å². The molecule has 2 rings (SSSR count). The van der Waals surface area contributed by atoms with Crippen molar-refractivity contribution in [1.29, 1.82) is 0 Å². The summed E-state index contributed by atoms with van der Waals surface area (Å²) >= 11 is 0. The quantitative estimate of drug-likeness (QED) is 0.202. The summed E-state index contributed by atoms with van der Waals surface area (Å²) in [6.07, 6.45) is 3.53. The standard InChI is InChI=1S/C29H45N5O5/c1-7-17(5)24(30)28(37)33-23(14-19-15-31-21-12-10-9-11-20(19)21)26(35)32-22(13-16(3)4)27(36)34-25(29(38)39)18(6)8-2/h9-12,15-18,22-25,31H,7-8,13-14,30H2,1-6H3,(H,32,35)(H,33,37)(H,34,36)(H,38,39). The van der Waals surface area contributed by atoms with Crippen molar-refractivity contribution >= 4 is 34.6 Å². The monoisotopic (exact) mass is 543 g/mol. The minimum Gasteiger partial charge on any atom is -0.480 e. The van der Waals surface area contributed by atoms with E-state index in [9.17, 15) is 24.3 Å². The number of carboxylic acid groups (broad SMARTS) is 1. The highest BCUT2D eigenvalue weighted by Crippen LogP contribution is 2.20. The number of aliphatic carboxylic acids is 1. The van der Waals surface area contributed by atoms with Crippen LogP contribution < -0.4 is 21.7 Å². The predicted molar refractivity (Wildman–Crippen MR) is 152 cm³/mol. The summed E-state index contributed by atoms with van der Waals surface area (Å²) in [5.74, 6) is -3.03. The van der Waals surface area contributed by atoms with Gasteiger partial charge < -0.3 is 31.8 Å². The Bertz CT molecular complexity index is 1130. The smallest absolute Gasteiger partial charge is 0.326 e. The molecule has 1 aromatic carbocycles. The molecular weight excluding hydrogens is 498 g/mol. The Morgan fingerprint density at radius 1 is 0.872 bits per heavy atom. The molecule has 0 saturated carbocycles. The Kier molecular flexibility index (Phi) is 12.0. The Labute approximate surface area is 230 Å². The molecule has 0 aliphatic heterocycles. The molecule has 0 aliphatic carbocycles. The first-order valence-electron chi connectivity index (χ1n) is 13.8. The first-order chi connectivity index (χ1) is 18.4. The second kappa shape index (κ2) is 14.7. The maximum absolute atomic E-state index is 13.6. The molecule has 39 heavy (non-hydrogen) atoms. The first kappa shape index (κ1) is 31.8. The van der Waals surface area contributed by atoms with E-state index in [0.717, 1.165) is 16.5 Å². The van der Waals surface area contributed by atoms with Gasteiger partial charge in [-0.1, -0.05) is 72.6 Å². The van der Waals surface area contributed by atoms with Crippen molar-refractivity contribution in [2.75, 3.05) is 0 Å². The summed E-state index contributed by atoms with van der Waals surface area (Å²) in [4.78, 5) is 54.8. The number of carbonyl (C=O) groups excluding carboxylic acids is 3. The van der Waals surface area contributed by atoms with Crippen LogP contribution in [0.3, 0.4) is 0 Å². The van der Waals surface area contributed by atoms with Gasteiger partial charge >= 0.3 is 5.97 Å². The SMILES string of the molecule is CCC(C)C(N)C(=O)NC(Cc1c[nH]c2ccccc12)C(=O)NC(CC(C)C)C(=O)NC(C(=O)O)C(C)CC. The summed E-state index contributed by atoms with van der Waals surface area (Å²) in [6, 6.07) is 3.79. The summed E-state index contributed by atoms with van der Waals surface area (Å²) < 4.78 is 0. The van der Waals surface area contributed by atoms with Gasteiger partial charge in [0.15, 0.2) is 0 Å². The van der Waals surface area contributed by atoms with Crippen LogP contribution in [0, 0.1) is 17.8 Å². The minimum absolute atomic E-state index is 0.0356. The molecule has 0 bridgehead atoms. The number of para-hydroxylation sites is 1. The number of nitrogens with two attached hydrogens (primary N) is 1. The Morgan fingerprint density at radius 2 is 1.46 bits per heavy atom. The van der Waals surface area contributed by atoms with Crippen molar-refractivity contribution in [1.82, 2.24) is 20.9 Å². The zero-order valence-electron chi connectivity index (χ0n) is 23.9. The van der Waals surface area contributed by atoms with Gasteiger partial charge in [0, 0.05) is 23.5 Å². The van der Waals surface area contributed by atoms with Gasteiger partial charge in [-0.05, 0) is 35.8 Å². The highest BCUT2D eigenvalue weighted by molar-refractivity contribution is 5.95. The lowest BCUT2D eigenvalue weighted by Crippen LogP contribution is -2.58. The Balaban J connectivity index is 2.33. The number of H-pyrrole nitrogens is 1. The molecule has 10 heteroatoms. The van der Waals surface area contributed by atoms with Gasteiger partial charge in [0.25, 0.3) is 0 Å². The molecule has 7 N–H and O–H groups in total. The zero-order chi connectivity index (χ0) is 29.3. The van der Waals surface area contributed by atoms with Gasteiger partial charge in [-0.2, -0.15) is 0 Å². The fraction of sp³-hybridized carbons (Fsp3) is 0.586. The van der Waals surface area contributed by atoms with E-state index >= 15 is 0 Å². The van der Waals surface area contributed by atoms with Gasteiger partial charge in [0.05, 0.1) is 6.04 Å². The molecule has 2 aromatic rings. The highest BCUT2D eigenvalue weighted by Gasteiger charge is 2.33. The van der Waals surface area contributed by atoms with Crippen LogP contribution in [0.4, 0.5) is 0 Å². The number of aromatic amines is 1. The number of fused-ring (bicyclic) bond motifs is 1. The molecule has 6 unspecified atom stereocenters. The van der Waals surface area contributed by atoms with E-state index in [1.165, 1.54) is 0 Å². The van der Waals surface area contributed by atoms with Crippen LogP contribution in [0.2, 0.25) is 0 Å². The van der Waals surface area contributed by atoms with Crippen molar-refractivity contribution in [3.63, 3.8) is 0 Å². The summed E-state index contributed by atoms with van der Waals surface area (Å²) in [5.41, 5.74) is 7.88. The number of carboxylic acids is 1. The number of hydrogen-bond acceptors (Lipinski definition) is 5. The molecule has 1 aromatic heterocycles.